The quantitative estimate of drug-likeness (QED) is 0.489. The van der Waals surface area contributed by atoms with E-state index in [0.29, 0.717) is 15.7 Å². The van der Waals surface area contributed by atoms with Crippen LogP contribution in [0.1, 0.15) is 21.0 Å². The summed E-state index contributed by atoms with van der Waals surface area (Å²) in [6.07, 6.45) is 2.50. The lowest BCUT2D eigenvalue weighted by Crippen LogP contribution is -2.10. The van der Waals surface area contributed by atoms with Crippen LogP contribution >= 0.6 is 22.9 Å². The van der Waals surface area contributed by atoms with Gasteiger partial charge in [-0.2, -0.15) is 0 Å². The highest BCUT2D eigenvalue weighted by atomic mass is 35.5. The molecule has 0 aliphatic carbocycles. The number of benzene rings is 2. The summed E-state index contributed by atoms with van der Waals surface area (Å²) in [5, 5.41) is 4.69. The van der Waals surface area contributed by atoms with Gasteiger partial charge in [0.1, 0.15) is 11.3 Å². The molecule has 2 aromatic heterocycles. The fourth-order valence-corrected chi connectivity index (χ4v) is 3.70. The van der Waals surface area contributed by atoms with Crippen molar-refractivity contribution >= 4 is 44.9 Å². The molecule has 0 bridgehead atoms. The standard InChI is InChI=1S/C20H15ClN2O3S/c1-25-15-5-2-12(3-6-15)8-16-11-22-20(27-16)23-19(24)18-10-13-9-14(21)4-7-17(13)26-18/h2-7,9-11H,8H2,1H3,(H,22,23,24). The third-order valence-corrected chi connectivity index (χ3v) is 5.16. The van der Waals surface area contributed by atoms with Crippen LogP contribution in [-0.4, -0.2) is 18.0 Å². The number of fused-ring (bicyclic) bond motifs is 1. The smallest absolute Gasteiger partial charge is 0.293 e. The van der Waals surface area contributed by atoms with Gasteiger partial charge in [-0.1, -0.05) is 23.7 Å². The Morgan fingerprint density at radius 2 is 2.04 bits per heavy atom. The number of furan rings is 1. The van der Waals surface area contributed by atoms with E-state index in [-0.39, 0.29) is 11.7 Å². The zero-order valence-corrected chi connectivity index (χ0v) is 15.9. The van der Waals surface area contributed by atoms with Gasteiger partial charge in [-0.15, -0.1) is 11.3 Å². The minimum atomic E-state index is -0.340. The highest BCUT2D eigenvalue weighted by molar-refractivity contribution is 7.15. The second kappa shape index (κ2) is 7.42. The third kappa shape index (κ3) is 3.97. The average molecular weight is 399 g/mol. The Hall–Kier alpha value is -2.83. The minimum Gasteiger partial charge on any atom is -0.497 e. The molecule has 136 valence electrons. The van der Waals surface area contributed by atoms with E-state index in [4.69, 9.17) is 20.8 Å². The van der Waals surface area contributed by atoms with E-state index in [1.165, 1.54) is 11.3 Å². The van der Waals surface area contributed by atoms with Crippen LogP contribution in [0.15, 0.2) is 59.1 Å². The topological polar surface area (TPSA) is 64.4 Å². The van der Waals surface area contributed by atoms with Crippen molar-refractivity contribution in [3.8, 4) is 5.75 Å². The van der Waals surface area contributed by atoms with Crippen molar-refractivity contribution in [3.63, 3.8) is 0 Å². The lowest BCUT2D eigenvalue weighted by Gasteiger charge is -2.01. The van der Waals surface area contributed by atoms with Crippen LogP contribution in [0.4, 0.5) is 5.13 Å². The first kappa shape index (κ1) is 17.6. The number of nitrogens with zero attached hydrogens (tertiary/aromatic N) is 1. The summed E-state index contributed by atoms with van der Waals surface area (Å²) in [4.78, 5) is 17.7. The van der Waals surface area contributed by atoms with E-state index < -0.39 is 0 Å². The first-order chi connectivity index (χ1) is 13.1. The Labute approximate surface area is 164 Å². The van der Waals surface area contributed by atoms with Gasteiger partial charge in [-0.25, -0.2) is 4.98 Å². The fourth-order valence-electron chi connectivity index (χ4n) is 2.68. The highest BCUT2D eigenvalue weighted by Crippen LogP contribution is 2.25. The number of amides is 1. The van der Waals surface area contributed by atoms with Gasteiger partial charge < -0.3 is 9.15 Å². The van der Waals surface area contributed by atoms with Gasteiger partial charge >= 0.3 is 0 Å². The molecule has 0 spiro atoms. The predicted molar refractivity (Wildman–Crippen MR) is 107 cm³/mol. The van der Waals surface area contributed by atoms with Crippen molar-refractivity contribution < 1.29 is 13.9 Å². The second-order valence-corrected chi connectivity index (χ2v) is 7.46. The number of thiazole rings is 1. The number of anilines is 1. The SMILES string of the molecule is COc1ccc(Cc2cnc(NC(=O)c3cc4cc(Cl)ccc4o3)s2)cc1. The second-order valence-electron chi connectivity index (χ2n) is 5.90. The molecule has 0 fully saturated rings. The van der Waals surface area contributed by atoms with Gasteiger partial charge in [-0.05, 0) is 42.0 Å². The number of carbonyl (C=O) groups is 1. The number of methoxy groups -OCH3 is 1. The number of hydrogen-bond acceptors (Lipinski definition) is 5. The monoisotopic (exact) mass is 398 g/mol. The number of halogens is 1. The average Bonchev–Trinajstić information content (AvgIpc) is 3.28. The molecule has 0 aliphatic heterocycles. The maximum atomic E-state index is 12.4. The Morgan fingerprint density at radius 3 is 2.81 bits per heavy atom. The first-order valence-corrected chi connectivity index (χ1v) is 9.38. The molecule has 0 radical (unpaired) electrons. The Balaban J connectivity index is 1.45. The molecule has 0 saturated carbocycles. The van der Waals surface area contributed by atoms with Crippen LogP contribution < -0.4 is 10.1 Å². The Bertz CT molecular complexity index is 1100. The number of ether oxygens (including phenoxy) is 1. The molecule has 4 rings (SSSR count). The molecule has 0 aliphatic rings. The normalized spacial score (nSPS) is 10.9. The summed E-state index contributed by atoms with van der Waals surface area (Å²) in [7, 11) is 1.64. The van der Waals surface area contributed by atoms with Gasteiger partial charge in [0.25, 0.3) is 5.91 Å². The van der Waals surface area contributed by atoms with Crippen LogP contribution in [-0.2, 0) is 6.42 Å². The number of nitrogens with one attached hydrogen (secondary N) is 1. The van der Waals surface area contributed by atoms with Crippen molar-refractivity contribution in [1.29, 1.82) is 0 Å². The molecule has 2 heterocycles. The van der Waals surface area contributed by atoms with Gasteiger partial charge in [0.05, 0.1) is 7.11 Å². The number of hydrogen-bond donors (Lipinski definition) is 1. The maximum absolute atomic E-state index is 12.4. The minimum absolute atomic E-state index is 0.221. The molecule has 7 heteroatoms. The molecule has 5 nitrogen and oxygen atoms in total. The number of rotatable bonds is 5. The van der Waals surface area contributed by atoms with E-state index in [1.54, 1.807) is 37.6 Å². The molecule has 1 amide bonds. The summed E-state index contributed by atoms with van der Waals surface area (Å²) in [6.45, 7) is 0. The summed E-state index contributed by atoms with van der Waals surface area (Å²) in [5.41, 5.74) is 1.76. The van der Waals surface area contributed by atoms with Gasteiger partial charge in [-0.3, -0.25) is 10.1 Å². The highest BCUT2D eigenvalue weighted by Gasteiger charge is 2.14. The number of carbonyl (C=O) groups excluding carboxylic acids is 1. The molecule has 1 N–H and O–H groups in total. The van der Waals surface area contributed by atoms with Crippen molar-refractivity contribution in [3.05, 3.63) is 76.0 Å². The van der Waals surface area contributed by atoms with Gasteiger partial charge in [0, 0.05) is 27.9 Å². The molecular weight excluding hydrogens is 384 g/mol. The van der Waals surface area contributed by atoms with E-state index >= 15 is 0 Å². The summed E-state index contributed by atoms with van der Waals surface area (Å²) >= 11 is 7.40. The zero-order valence-electron chi connectivity index (χ0n) is 14.4. The van der Waals surface area contributed by atoms with Gasteiger partial charge in [0.15, 0.2) is 10.9 Å². The van der Waals surface area contributed by atoms with E-state index in [2.05, 4.69) is 10.3 Å². The largest absolute Gasteiger partial charge is 0.497 e. The number of aromatic nitrogens is 1. The Kier molecular flexibility index (Phi) is 4.83. The van der Waals surface area contributed by atoms with E-state index in [0.717, 1.165) is 28.0 Å². The van der Waals surface area contributed by atoms with Crippen LogP contribution in [0, 0.1) is 0 Å². The van der Waals surface area contributed by atoms with E-state index in [9.17, 15) is 4.79 Å². The molecule has 2 aromatic carbocycles. The molecule has 0 saturated heterocycles. The van der Waals surface area contributed by atoms with Crippen molar-refractivity contribution in [1.82, 2.24) is 4.98 Å². The summed E-state index contributed by atoms with van der Waals surface area (Å²) in [5.74, 6) is 0.704. The van der Waals surface area contributed by atoms with Crippen LogP contribution in [0.2, 0.25) is 5.02 Å². The lowest BCUT2D eigenvalue weighted by molar-refractivity contribution is 0.0998. The lowest BCUT2D eigenvalue weighted by atomic mass is 10.1. The van der Waals surface area contributed by atoms with Crippen LogP contribution in [0.3, 0.4) is 0 Å². The molecule has 27 heavy (non-hydrogen) atoms. The van der Waals surface area contributed by atoms with Crippen LogP contribution in [0.5, 0.6) is 5.75 Å². The Morgan fingerprint density at radius 1 is 1.22 bits per heavy atom. The van der Waals surface area contributed by atoms with Crippen molar-refractivity contribution in [2.24, 2.45) is 0 Å². The fraction of sp³-hybridized carbons (Fsp3) is 0.100. The molecule has 4 aromatic rings. The summed E-state index contributed by atoms with van der Waals surface area (Å²) in [6, 6.07) is 14.8. The predicted octanol–water partition coefficient (Wildman–Crippen LogP) is 5.39. The summed E-state index contributed by atoms with van der Waals surface area (Å²) < 4.78 is 10.7. The van der Waals surface area contributed by atoms with Gasteiger partial charge in [0.2, 0.25) is 0 Å². The maximum Gasteiger partial charge on any atom is 0.293 e. The zero-order chi connectivity index (χ0) is 18.8. The van der Waals surface area contributed by atoms with Crippen molar-refractivity contribution in [2.45, 2.75) is 6.42 Å². The first-order valence-electron chi connectivity index (χ1n) is 8.19. The molecular formula is C20H15ClN2O3S. The third-order valence-electron chi connectivity index (χ3n) is 4.01. The van der Waals surface area contributed by atoms with Crippen LogP contribution in [0.25, 0.3) is 11.0 Å². The molecule has 0 atom stereocenters. The van der Waals surface area contributed by atoms with E-state index in [1.807, 2.05) is 24.3 Å². The molecule has 0 unspecified atom stereocenters. The van der Waals surface area contributed by atoms with Crippen molar-refractivity contribution in [2.75, 3.05) is 12.4 Å².